The van der Waals surface area contributed by atoms with Crippen molar-refractivity contribution >= 4 is 23.2 Å². The molecule has 7 heteroatoms. The molecule has 0 aliphatic carbocycles. The highest BCUT2D eigenvalue weighted by Gasteiger charge is 2.50. The molecule has 0 saturated carbocycles. The van der Waals surface area contributed by atoms with E-state index in [1.54, 1.807) is 44.4 Å². The Labute approximate surface area is 169 Å². The van der Waals surface area contributed by atoms with Crippen LogP contribution in [0.3, 0.4) is 0 Å². The van der Waals surface area contributed by atoms with Crippen LogP contribution in [0.5, 0.6) is 17.2 Å². The van der Waals surface area contributed by atoms with E-state index < -0.39 is 0 Å². The second kappa shape index (κ2) is 7.53. The van der Waals surface area contributed by atoms with E-state index in [9.17, 15) is 4.79 Å². The zero-order valence-corrected chi connectivity index (χ0v) is 16.9. The number of carbonyl (C=O) groups is 1. The monoisotopic (exact) mass is 402 g/mol. The molecule has 2 atom stereocenters. The Bertz CT molecular complexity index is 904. The number of fused-ring (bicyclic) bond motifs is 1. The van der Waals surface area contributed by atoms with E-state index in [2.05, 4.69) is 4.90 Å². The van der Waals surface area contributed by atoms with Gasteiger partial charge in [0.25, 0.3) is 0 Å². The molecule has 2 aromatic rings. The molecule has 1 amide bonds. The van der Waals surface area contributed by atoms with Crippen LogP contribution < -0.4 is 19.1 Å². The van der Waals surface area contributed by atoms with Crippen molar-refractivity contribution in [1.82, 2.24) is 4.90 Å². The largest absolute Gasteiger partial charge is 0.497 e. The molecule has 2 aliphatic heterocycles. The van der Waals surface area contributed by atoms with Crippen LogP contribution in [0.25, 0.3) is 0 Å². The van der Waals surface area contributed by atoms with E-state index in [4.69, 9.17) is 25.8 Å². The Kier molecular flexibility index (Phi) is 5.08. The summed E-state index contributed by atoms with van der Waals surface area (Å²) in [7, 11) is 4.84. The standard InChI is InChI=1S/C21H23ClN2O4/c1-26-14-7-8-15(19(12-14)28-3)20-23-10-4-5-16(23)21(25)24(20)17-11-13(22)6-9-18(17)27-2/h6-9,11-12,16,20H,4-5,10H2,1-3H3/t16-,20+/m0/s1. The van der Waals surface area contributed by atoms with E-state index in [1.165, 1.54) is 0 Å². The third kappa shape index (κ3) is 2.97. The summed E-state index contributed by atoms with van der Waals surface area (Å²) in [6, 6.07) is 10.9. The van der Waals surface area contributed by atoms with Crippen LogP contribution in [0, 0.1) is 0 Å². The molecule has 6 nitrogen and oxygen atoms in total. The smallest absolute Gasteiger partial charge is 0.246 e. The molecular formula is C21H23ClN2O4. The molecular weight excluding hydrogens is 380 g/mol. The lowest BCUT2D eigenvalue weighted by Crippen LogP contribution is -2.33. The van der Waals surface area contributed by atoms with Gasteiger partial charge in [-0.3, -0.25) is 14.6 Å². The molecule has 0 unspecified atom stereocenters. The summed E-state index contributed by atoms with van der Waals surface area (Å²) in [5, 5.41) is 0.552. The molecule has 0 aromatic heterocycles. The van der Waals surface area contributed by atoms with Crippen molar-refractivity contribution in [1.29, 1.82) is 0 Å². The Balaban J connectivity index is 1.88. The van der Waals surface area contributed by atoms with Crippen LogP contribution in [0.1, 0.15) is 24.6 Å². The topological polar surface area (TPSA) is 51.2 Å². The molecule has 2 fully saturated rings. The lowest BCUT2D eigenvalue weighted by Gasteiger charge is -2.31. The molecule has 2 aliphatic rings. The molecule has 2 aromatic carbocycles. The minimum atomic E-state index is -0.298. The quantitative estimate of drug-likeness (QED) is 0.759. The highest BCUT2D eigenvalue weighted by atomic mass is 35.5. The minimum Gasteiger partial charge on any atom is -0.497 e. The highest BCUT2D eigenvalue weighted by molar-refractivity contribution is 6.31. The van der Waals surface area contributed by atoms with Gasteiger partial charge in [-0.1, -0.05) is 11.6 Å². The van der Waals surface area contributed by atoms with Crippen molar-refractivity contribution in [2.75, 3.05) is 32.8 Å². The molecule has 28 heavy (non-hydrogen) atoms. The number of ether oxygens (including phenoxy) is 3. The number of carbonyl (C=O) groups excluding carboxylic acids is 1. The van der Waals surface area contributed by atoms with Gasteiger partial charge in [0.2, 0.25) is 5.91 Å². The lowest BCUT2D eigenvalue weighted by atomic mass is 10.1. The molecule has 0 radical (unpaired) electrons. The normalized spacial score (nSPS) is 21.7. The van der Waals surface area contributed by atoms with Crippen LogP contribution in [-0.2, 0) is 4.79 Å². The maximum atomic E-state index is 13.4. The molecule has 4 rings (SSSR count). The van der Waals surface area contributed by atoms with Crippen molar-refractivity contribution in [2.45, 2.75) is 25.0 Å². The number of rotatable bonds is 5. The van der Waals surface area contributed by atoms with Crippen molar-refractivity contribution in [3.05, 3.63) is 47.0 Å². The molecule has 2 heterocycles. The predicted octanol–water partition coefficient (Wildman–Crippen LogP) is 3.88. The number of anilines is 1. The van der Waals surface area contributed by atoms with Crippen molar-refractivity contribution in [2.24, 2.45) is 0 Å². The van der Waals surface area contributed by atoms with Gasteiger partial charge in [0, 0.05) is 23.2 Å². The van der Waals surface area contributed by atoms with Crippen molar-refractivity contribution < 1.29 is 19.0 Å². The molecule has 148 valence electrons. The average molecular weight is 403 g/mol. The van der Waals surface area contributed by atoms with Crippen LogP contribution in [0.2, 0.25) is 5.02 Å². The van der Waals surface area contributed by atoms with E-state index >= 15 is 0 Å². The summed E-state index contributed by atoms with van der Waals surface area (Å²) in [4.78, 5) is 17.4. The number of hydrogen-bond acceptors (Lipinski definition) is 5. The fourth-order valence-corrected chi connectivity index (χ4v) is 4.39. The van der Waals surface area contributed by atoms with Gasteiger partial charge in [-0.05, 0) is 43.2 Å². The number of hydrogen-bond donors (Lipinski definition) is 0. The summed E-state index contributed by atoms with van der Waals surface area (Å²) in [5.74, 6) is 2.04. The first-order valence-corrected chi connectivity index (χ1v) is 9.61. The first-order valence-electron chi connectivity index (χ1n) is 9.23. The van der Waals surface area contributed by atoms with Gasteiger partial charge in [-0.25, -0.2) is 0 Å². The lowest BCUT2D eigenvalue weighted by molar-refractivity contribution is -0.119. The zero-order chi connectivity index (χ0) is 19.8. The summed E-state index contributed by atoms with van der Waals surface area (Å²) in [5.41, 5.74) is 1.57. The zero-order valence-electron chi connectivity index (χ0n) is 16.1. The number of benzene rings is 2. The second-order valence-electron chi connectivity index (χ2n) is 6.90. The summed E-state index contributed by atoms with van der Waals surface area (Å²) >= 11 is 6.26. The van der Waals surface area contributed by atoms with Crippen LogP contribution in [0.15, 0.2) is 36.4 Å². The SMILES string of the molecule is COc1ccc([C@H]2N(c3cc(Cl)ccc3OC)C(=O)[C@@H]3CCCN32)c(OC)c1. The fraction of sp³-hybridized carbons (Fsp3) is 0.381. The van der Waals surface area contributed by atoms with Gasteiger partial charge in [-0.15, -0.1) is 0 Å². The second-order valence-corrected chi connectivity index (χ2v) is 7.34. The number of nitrogens with zero attached hydrogens (tertiary/aromatic N) is 2. The number of amides is 1. The summed E-state index contributed by atoms with van der Waals surface area (Å²) < 4.78 is 16.5. The summed E-state index contributed by atoms with van der Waals surface area (Å²) in [6.45, 7) is 0.843. The van der Waals surface area contributed by atoms with E-state index in [1.807, 2.05) is 18.2 Å². The Hall–Kier alpha value is -2.44. The van der Waals surface area contributed by atoms with E-state index in [0.717, 1.165) is 24.9 Å². The van der Waals surface area contributed by atoms with Crippen LogP contribution in [0.4, 0.5) is 5.69 Å². The molecule has 0 spiro atoms. The van der Waals surface area contributed by atoms with Crippen LogP contribution >= 0.6 is 11.6 Å². The van der Waals surface area contributed by atoms with Crippen molar-refractivity contribution in [3.63, 3.8) is 0 Å². The summed E-state index contributed by atoms with van der Waals surface area (Å²) in [6.07, 6.45) is 1.53. The Morgan fingerprint density at radius 2 is 1.79 bits per heavy atom. The molecule has 0 bridgehead atoms. The van der Waals surface area contributed by atoms with Gasteiger partial charge in [-0.2, -0.15) is 0 Å². The highest BCUT2D eigenvalue weighted by Crippen LogP contribution is 2.48. The Morgan fingerprint density at radius 3 is 2.50 bits per heavy atom. The number of halogens is 1. The van der Waals surface area contributed by atoms with Gasteiger partial charge in [0.1, 0.15) is 23.4 Å². The van der Waals surface area contributed by atoms with Crippen molar-refractivity contribution in [3.8, 4) is 17.2 Å². The van der Waals surface area contributed by atoms with Crippen LogP contribution in [-0.4, -0.2) is 44.7 Å². The van der Waals surface area contributed by atoms with Gasteiger partial charge in [0.15, 0.2) is 0 Å². The average Bonchev–Trinajstić information content (AvgIpc) is 3.29. The Morgan fingerprint density at radius 1 is 1.00 bits per heavy atom. The minimum absolute atomic E-state index is 0.0564. The van der Waals surface area contributed by atoms with Gasteiger partial charge in [0.05, 0.1) is 33.1 Å². The van der Waals surface area contributed by atoms with Gasteiger partial charge >= 0.3 is 0 Å². The third-order valence-electron chi connectivity index (χ3n) is 5.49. The first kappa shape index (κ1) is 18.9. The number of methoxy groups -OCH3 is 3. The van der Waals surface area contributed by atoms with E-state index in [-0.39, 0.29) is 18.1 Å². The predicted molar refractivity (Wildman–Crippen MR) is 108 cm³/mol. The fourth-order valence-electron chi connectivity index (χ4n) is 4.23. The maximum Gasteiger partial charge on any atom is 0.246 e. The maximum absolute atomic E-state index is 13.4. The first-order chi connectivity index (χ1) is 13.6. The molecule has 2 saturated heterocycles. The van der Waals surface area contributed by atoms with Gasteiger partial charge < -0.3 is 14.2 Å². The van der Waals surface area contributed by atoms with E-state index in [0.29, 0.717) is 28.0 Å². The third-order valence-corrected chi connectivity index (χ3v) is 5.73. The molecule has 0 N–H and O–H groups in total.